The fourth-order valence-electron chi connectivity index (χ4n) is 1.54. The molecular weight excluding hydrogens is 311 g/mol. The zero-order chi connectivity index (χ0) is 16.5. The lowest BCUT2D eigenvalue weighted by molar-refractivity contribution is -0.387. The molecule has 2 aromatic rings. The number of hydrogen-bond acceptors (Lipinski definition) is 6. The highest BCUT2D eigenvalue weighted by atomic mass is 32.1. The number of nitrogens with zero attached hydrogens (tertiary/aromatic N) is 3. The van der Waals surface area contributed by atoms with Crippen molar-refractivity contribution in [2.75, 3.05) is 5.32 Å². The van der Waals surface area contributed by atoms with Gasteiger partial charge < -0.3 is 0 Å². The molecule has 0 radical (unpaired) electrons. The van der Waals surface area contributed by atoms with Gasteiger partial charge in [0.05, 0.1) is 4.92 Å². The van der Waals surface area contributed by atoms with E-state index in [4.69, 9.17) is 0 Å². The second-order valence-corrected chi connectivity index (χ2v) is 6.52. The van der Waals surface area contributed by atoms with Gasteiger partial charge in [-0.15, -0.1) is 10.2 Å². The summed E-state index contributed by atoms with van der Waals surface area (Å²) in [7, 11) is 0. The van der Waals surface area contributed by atoms with Crippen molar-refractivity contribution < 1.29 is 14.1 Å². The van der Waals surface area contributed by atoms with Gasteiger partial charge in [0.2, 0.25) is 10.9 Å². The Kier molecular flexibility index (Phi) is 4.18. The summed E-state index contributed by atoms with van der Waals surface area (Å²) < 4.78 is 13.3. The van der Waals surface area contributed by atoms with Crippen LogP contribution in [0.4, 0.5) is 15.2 Å². The summed E-state index contributed by atoms with van der Waals surface area (Å²) >= 11 is 1.21. The molecule has 7 nitrogen and oxygen atoms in total. The van der Waals surface area contributed by atoms with E-state index in [1.54, 1.807) is 0 Å². The van der Waals surface area contributed by atoms with Crippen LogP contribution < -0.4 is 5.32 Å². The van der Waals surface area contributed by atoms with Crippen molar-refractivity contribution in [1.29, 1.82) is 0 Å². The molecule has 1 heterocycles. The standard InChI is InChI=1S/C13H13FN4O3S/c1-13(2,3)11-16-17-12(22-11)15-10(19)7-4-5-8(14)9(6-7)18(20)21/h4-6H,1-3H3,(H,15,17,19). The molecule has 22 heavy (non-hydrogen) atoms. The van der Waals surface area contributed by atoms with Crippen LogP contribution in [-0.4, -0.2) is 21.0 Å². The lowest BCUT2D eigenvalue weighted by Gasteiger charge is -2.12. The Hall–Kier alpha value is -2.42. The predicted molar refractivity (Wildman–Crippen MR) is 79.6 cm³/mol. The number of carbonyl (C=O) groups is 1. The van der Waals surface area contributed by atoms with Gasteiger partial charge in [0.25, 0.3) is 5.91 Å². The number of halogens is 1. The molecule has 0 atom stereocenters. The Morgan fingerprint density at radius 3 is 2.59 bits per heavy atom. The number of anilines is 1. The van der Waals surface area contributed by atoms with E-state index in [1.165, 1.54) is 17.4 Å². The van der Waals surface area contributed by atoms with E-state index in [0.29, 0.717) is 0 Å². The largest absolute Gasteiger partial charge is 0.305 e. The predicted octanol–water partition coefficient (Wildman–Crippen LogP) is 3.14. The first-order valence-corrected chi connectivity index (χ1v) is 7.09. The highest BCUT2D eigenvalue weighted by Gasteiger charge is 2.21. The van der Waals surface area contributed by atoms with Gasteiger partial charge in [-0.3, -0.25) is 20.2 Å². The molecule has 0 unspecified atom stereocenters. The van der Waals surface area contributed by atoms with Gasteiger partial charge in [0.15, 0.2) is 0 Å². The Morgan fingerprint density at radius 1 is 1.36 bits per heavy atom. The van der Waals surface area contributed by atoms with Crippen LogP contribution in [0.5, 0.6) is 0 Å². The molecule has 9 heteroatoms. The smallest absolute Gasteiger partial charge is 0.296 e. The second-order valence-electron chi connectivity index (χ2n) is 5.54. The van der Waals surface area contributed by atoms with Crippen LogP contribution in [0.15, 0.2) is 18.2 Å². The molecular formula is C13H13FN4O3S. The Labute approximate surface area is 129 Å². The molecule has 116 valence electrons. The fourth-order valence-corrected chi connectivity index (χ4v) is 2.34. The average molecular weight is 324 g/mol. The van der Waals surface area contributed by atoms with Crippen LogP contribution in [0.2, 0.25) is 0 Å². The molecule has 0 saturated carbocycles. The first-order chi connectivity index (χ1) is 10.2. The summed E-state index contributed by atoms with van der Waals surface area (Å²) in [5.74, 6) is -1.60. The van der Waals surface area contributed by atoms with E-state index < -0.39 is 22.3 Å². The molecule has 1 amide bonds. The van der Waals surface area contributed by atoms with Gasteiger partial charge in [-0.25, -0.2) is 0 Å². The zero-order valence-corrected chi connectivity index (χ0v) is 12.9. The molecule has 0 bridgehead atoms. The Balaban J connectivity index is 2.21. The lowest BCUT2D eigenvalue weighted by Crippen LogP contribution is -2.12. The number of amides is 1. The van der Waals surface area contributed by atoms with E-state index in [2.05, 4.69) is 15.5 Å². The number of nitrogens with one attached hydrogen (secondary N) is 1. The van der Waals surface area contributed by atoms with Crippen LogP contribution in [0.1, 0.15) is 36.1 Å². The molecule has 0 saturated heterocycles. The number of hydrogen-bond donors (Lipinski definition) is 1. The van der Waals surface area contributed by atoms with Gasteiger partial charge in [-0.2, -0.15) is 4.39 Å². The summed E-state index contributed by atoms with van der Waals surface area (Å²) in [4.78, 5) is 21.8. The monoisotopic (exact) mass is 324 g/mol. The summed E-state index contributed by atoms with van der Waals surface area (Å²) in [5, 5.41) is 22.0. The number of benzene rings is 1. The van der Waals surface area contributed by atoms with Crippen molar-refractivity contribution in [3.8, 4) is 0 Å². The van der Waals surface area contributed by atoms with E-state index >= 15 is 0 Å². The van der Waals surface area contributed by atoms with Crippen molar-refractivity contribution >= 4 is 28.1 Å². The number of rotatable bonds is 3. The normalized spacial score (nSPS) is 11.3. The van der Waals surface area contributed by atoms with E-state index in [-0.39, 0.29) is 16.1 Å². The SMILES string of the molecule is CC(C)(C)c1nnc(NC(=O)c2ccc(F)c([N+](=O)[O-])c2)s1. The molecule has 1 N–H and O–H groups in total. The highest BCUT2D eigenvalue weighted by molar-refractivity contribution is 7.15. The maximum absolute atomic E-state index is 13.3. The molecule has 0 aliphatic rings. The Bertz CT molecular complexity index is 739. The molecule has 1 aromatic carbocycles. The van der Waals surface area contributed by atoms with E-state index in [1.807, 2.05) is 20.8 Å². The minimum absolute atomic E-state index is 0.0272. The topological polar surface area (TPSA) is 98.0 Å². The summed E-state index contributed by atoms with van der Waals surface area (Å²) in [6.07, 6.45) is 0. The number of nitro benzene ring substituents is 1. The second kappa shape index (κ2) is 5.76. The average Bonchev–Trinajstić information content (AvgIpc) is 2.87. The third kappa shape index (κ3) is 3.42. The number of carbonyl (C=O) groups excluding carboxylic acids is 1. The van der Waals surface area contributed by atoms with Gasteiger partial charge in [-0.05, 0) is 12.1 Å². The number of aromatic nitrogens is 2. The highest BCUT2D eigenvalue weighted by Crippen LogP contribution is 2.28. The first-order valence-electron chi connectivity index (χ1n) is 6.28. The van der Waals surface area contributed by atoms with Crippen molar-refractivity contribution in [2.24, 2.45) is 0 Å². The first kappa shape index (κ1) is 16.0. The van der Waals surface area contributed by atoms with Crippen molar-refractivity contribution in [1.82, 2.24) is 10.2 Å². The van der Waals surface area contributed by atoms with Crippen molar-refractivity contribution in [3.63, 3.8) is 0 Å². The summed E-state index contributed by atoms with van der Waals surface area (Å²) in [6, 6.07) is 2.94. The lowest BCUT2D eigenvalue weighted by atomic mass is 9.98. The van der Waals surface area contributed by atoms with E-state index in [9.17, 15) is 19.3 Å². The fraction of sp³-hybridized carbons (Fsp3) is 0.308. The molecule has 0 aliphatic carbocycles. The maximum atomic E-state index is 13.3. The minimum atomic E-state index is -0.993. The van der Waals surface area contributed by atoms with Crippen molar-refractivity contribution in [2.45, 2.75) is 26.2 Å². The molecule has 0 aliphatic heterocycles. The third-order valence-electron chi connectivity index (χ3n) is 2.69. The molecule has 0 spiro atoms. The minimum Gasteiger partial charge on any atom is -0.296 e. The molecule has 0 fully saturated rings. The van der Waals surface area contributed by atoms with Gasteiger partial charge >= 0.3 is 5.69 Å². The summed E-state index contributed by atoms with van der Waals surface area (Å²) in [6.45, 7) is 5.88. The van der Waals surface area contributed by atoms with Gasteiger partial charge in [0.1, 0.15) is 5.01 Å². The number of nitro groups is 1. The summed E-state index contributed by atoms with van der Waals surface area (Å²) in [5.41, 5.74) is -0.976. The van der Waals surface area contributed by atoms with Crippen LogP contribution in [0.25, 0.3) is 0 Å². The maximum Gasteiger partial charge on any atom is 0.305 e. The zero-order valence-electron chi connectivity index (χ0n) is 12.1. The quantitative estimate of drug-likeness (QED) is 0.691. The van der Waals surface area contributed by atoms with Crippen LogP contribution >= 0.6 is 11.3 Å². The van der Waals surface area contributed by atoms with E-state index in [0.717, 1.165) is 17.1 Å². The molecule has 1 aromatic heterocycles. The van der Waals surface area contributed by atoms with Gasteiger partial charge in [-0.1, -0.05) is 32.1 Å². The van der Waals surface area contributed by atoms with Crippen LogP contribution in [-0.2, 0) is 5.41 Å². The van der Waals surface area contributed by atoms with Crippen LogP contribution in [0, 0.1) is 15.9 Å². The van der Waals surface area contributed by atoms with Gasteiger partial charge in [0, 0.05) is 17.0 Å². The molecule has 2 rings (SSSR count). The third-order valence-corrected chi connectivity index (χ3v) is 3.96. The van der Waals surface area contributed by atoms with Crippen molar-refractivity contribution in [3.05, 3.63) is 44.7 Å². The Morgan fingerprint density at radius 2 is 2.05 bits per heavy atom. The van der Waals surface area contributed by atoms with Crippen LogP contribution in [0.3, 0.4) is 0 Å².